The van der Waals surface area contributed by atoms with E-state index in [4.69, 9.17) is 0 Å². The Labute approximate surface area is 165 Å². The first-order valence-electron chi connectivity index (χ1n) is 8.36. The van der Waals surface area contributed by atoms with Crippen molar-refractivity contribution in [2.75, 3.05) is 16.4 Å². The topological polar surface area (TPSA) is 58.2 Å². The molecule has 3 aromatic carbocycles. The van der Waals surface area contributed by atoms with Gasteiger partial charge in [0.25, 0.3) is 5.91 Å². The highest BCUT2D eigenvalue weighted by Crippen LogP contribution is 2.23. The van der Waals surface area contributed by atoms with Gasteiger partial charge in [-0.25, -0.2) is 8.78 Å². The first-order valence-corrected chi connectivity index (χ1v) is 9.34. The molecular weight excluding hydrogens is 382 g/mol. The van der Waals surface area contributed by atoms with E-state index in [-0.39, 0.29) is 22.9 Å². The van der Waals surface area contributed by atoms with Gasteiger partial charge in [-0.2, -0.15) is 0 Å². The maximum absolute atomic E-state index is 13.7. The molecule has 0 spiro atoms. The Morgan fingerprint density at radius 3 is 2.29 bits per heavy atom. The summed E-state index contributed by atoms with van der Waals surface area (Å²) in [5, 5.41) is 5.14. The predicted octanol–water partition coefficient (Wildman–Crippen LogP) is 4.95. The molecule has 0 saturated carbocycles. The minimum atomic E-state index is -0.602. The van der Waals surface area contributed by atoms with Gasteiger partial charge in [-0.05, 0) is 42.5 Å². The Hall–Kier alpha value is -3.19. The molecule has 4 nitrogen and oxygen atoms in total. The molecule has 0 aliphatic rings. The molecular formula is C21H16F2N2O2S. The van der Waals surface area contributed by atoms with Crippen LogP contribution in [0, 0.1) is 11.6 Å². The van der Waals surface area contributed by atoms with Gasteiger partial charge < -0.3 is 10.6 Å². The number of nitrogens with one attached hydrogen (secondary N) is 2. The summed E-state index contributed by atoms with van der Waals surface area (Å²) in [5.41, 5.74) is 0.552. The third kappa shape index (κ3) is 5.17. The highest BCUT2D eigenvalue weighted by molar-refractivity contribution is 8.00. The maximum atomic E-state index is 13.7. The highest BCUT2D eigenvalue weighted by atomic mass is 32.2. The standard InChI is InChI=1S/C21H16F2N2O2S/c22-17-9-2-1-8-16(17)21(27)24-14-6-5-7-15(12-14)28-13-20(26)25-19-11-4-3-10-18(19)23/h1-12H,13H2,(H,24,27)(H,25,26). The number of hydrogen-bond donors (Lipinski definition) is 2. The number of thioether (sulfide) groups is 1. The van der Waals surface area contributed by atoms with E-state index in [1.54, 1.807) is 42.5 Å². The van der Waals surface area contributed by atoms with E-state index < -0.39 is 17.5 Å². The smallest absolute Gasteiger partial charge is 0.258 e. The Morgan fingerprint density at radius 2 is 1.54 bits per heavy atom. The van der Waals surface area contributed by atoms with Crippen LogP contribution in [-0.4, -0.2) is 17.6 Å². The number of anilines is 2. The number of benzene rings is 3. The van der Waals surface area contributed by atoms with Crippen molar-refractivity contribution in [3.63, 3.8) is 0 Å². The zero-order valence-corrected chi connectivity index (χ0v) is 15.4. The molecule has 0 fully saturated rings. The lowest BCUT2D eigenvalue weighted by Crippen LogP contribution is -2.15. The lowest BCUT2D eigenvalue weighted by molar-refractivity contribution is -0.113. The molecule has 0 unspecified atom stereocenters. The molecule has 3 aromatic rings. The van der Waals surface area contributed by atoms with E-state index in [9.17, 15) is 18.4 Å². The van der Waals surface area contributed by atoms with E-state index in [0.29, 0.717) is 5.69 Å². The van der Waals surface area contributed by atoms with Crippen LogP contribution in [0.25, 0.3) is 0 Å². The molecule has 0 aromatic heterocycles. The van der Waals surface area contributed by atoms with Gasteiger partial charge in [0, 0.05) is 10.6 Å². The van der Waals surface area contributed by atoms with Crippen LogP contribution in [0.3, 0.4) is 0 Å². The number of halogens is 2. The van der Waals surface area contributed by atoms with Crippen molar-refractivity contribution in [1.82, 2.24) is 0 Å². The van der Waals surface area contributed by atoms with Crippen molar-refractivity contribution in [3.8, 4) is 0 Å². The fourth-order valence-electron chi connectivity index (χ4n) is 2.41. The van der Waals surface area contributed by atoms with Crippen LogP contribution < -0.4 is 10.6 Å². The number of hydrogen-bond acceptors (Lipinski definition) is 3. The predicted molar refractivity (Wildman–Crippen MR) is 107 cm³/mol. The Morgan fingerprint density at radius 1 is 0.821 bits per heavy atom. The van der Waals surface area contributed by atoms with Crippen LogP contribution in [0.15, 0.2) is 77.7 Å². The Balaban J connectivity index is 1.59. The second-order valence-electron chi connectivity index (χ2n) is 5.78. The summed E-state index contributed by atoms with van der Waals surface area (Å²) in [7, 11) is 0. The van der Waals surface area contributed by atoms with Gasteiger partial charge in [0.05, 0.1) is 17.0 Å². The summed E-state index contributed by atoms with van der Waals surface area (Å²) in [6, 6.07) is 18.5. The van der Waals surface area contributed by atoms with Crippen LogP contribution >= 0.6 is 11.8 Å². The molecule has 0 radical (unpaired) electrons. The third-order valence-corrected chi connectivity index (χ3v) is 4.72. The van der Waals surface area contributed by atoms with Crippen molar-refractivity contribution in [1.29, 1.82) is 0 Å². The van der Waals surface area contributed by atoms with E-state index in [0.717, 1.165) is 4.90 Å². The molecule has 28 heavy (non-hydrogen) atoms. The van der Waals surface area contributed by atoms with Crippen LogP contribution in [0.5, 0.6) is 0 Å². The quantitative estimate of drug-likeness (QED) is 0.578. The van der Waals surface area contributed by atoms with Crippen molar-refractivity contribution in [3.05, 3.63) is 90.0 Å². The third-order valence-electron chi connectivity index (χ3n) is 3.73. The summed E-state index contributed by atoms with van der Waals surface area (Å²) < 4.78 is 27.3. The zero-order valence-electron chi connectivity index (χ0n) is 14.6. The fraction of sp³-hybridized carbons (Fsp3) is 0.0476. The summed E-state index contributed by atoms with van der Waals surface area (Å²) in [6.07, 6.45) is 0. The monoisotopic (exact) mass is 398 g/mol. The summed E-state index contributed by atoms with van der Waals surface area (Å²) >= 11 is 1.23. The van der Waals surface area contributed by atoms with Crippen molar-refractivity contribution in [2.45, 2.75) is 4.90 Å². The molecule has 0 heterocycles. The minimum Gasteiger partial charge on any atom is -0.323 e. The normalized spacial score (nSPS) is 10.4. The van der Waals surface area contributed by atoms with Crippen LogP contribution in [0.4, 0.5) is 20.2 Å². The van der Waals surface area contributed by atoms with E-state index >= 15 is 0 Å². The van der Waals surface area contributed by atoms with Gasteiger partial charge >= 0.3 is 0 Å². The minimum absolute atomic E-state index is 0.0511. The molecule has 3 rings (SSSR count). The van der Waals surface area contributed by atoms with E-state index in [1.165, 1.54) is 42.1 Å². The van der Waals surface area contributed by atoms with Crippen LogP contribution in [0.2, 0.25) is 0 Å². The molecule has 0 bridgehead atoms. The first-order chi connectivity index (χ1) is 13.5. The van der Waals surface area contributed by atoms with Gasteiger partial charge in [0.15, 0.2) is 0 Å². The number of rotatable bonds is 6. The van der Waals surface area contributed by atoms with E-state index in [1.807, 2.05) is 0 Å². The van der Waals surface area contributed by atoms with Crippen LogP contribution in [-0.2, 0) is 4.79 Å². The van der Waals surface area contributed by atoms with Gasteiger partial charge in [-0.1, -0.05) is 30.3 Å². The Kier molecular flexibility index (Phi) is 6.39. The molecule has 142 valence electrons. The lowest BCUT2D eigenvalue weighted by atomic mass is 10.2. The van der Waals surface area contributed by atoms with Crippen molar-refractivity contribution < 1.29 is 18.4 Å². The number of carbonyl (C=O) groups excluding carboxylic acids is 2. The summed E-state index contributed by atoms with van der Waals surface area (Å²) in [6.45, 7) is 0. The van der Waals surface area contributed by atoms with Gasteiger partial charge in [-0.15, -0.1) is 11.8 Å². The highest BCUT2D eigenvalue weighted by Gasteiger charge is 2.12. The van der Waals surface area contributed by atoms with Gasteiger partial charge in [0.1, 0.15) is 11.6 Å². The zero-order chi connectivity index (χ0) is 19.9. The molecule has 0 aliphatic heterocycles. The molecule has 0 saturated heterocycles. The molecule has 0 atom stereocenters. The first kappa shape index (κ1) is 19.6. The SMILES string of the molecule is O=C(CSc1cccc(NC(=O)c2ccccc2F)c1)Nc1ccccc1F. The second kappa shape index (κ2) is 9.14. The summed E-state index contributed by atoms with van der Waals surface area (Å²) in [4.78, 5) is 24.9. The van der Waals surface area contributed by atoms with Crippen LogP contribution in [0.1, 0.15) is 10.4 Å². The number of para-hydroxylation sites is 1. The summed E-state index contributed by atoms with van der Waals surface area (Å²) in [5.74, 6) is -1.94. The molecule has 7 heteroatoms. The van der Waals surface area contributed by atoms with E-state index in [2.05, 4.69) is 10.6 Å². The largest absolute Gasteiger partial charge is 0.323 e. The second-order valence-corrected chi connectivity index (χ2v) is 6.83. The lowest BCUT2D eigenvalue weighted by Gasteiger charge is -2.09. The molecule has 0 aliphatic carbocycles. The van der Waals surface area contributed by atoms with Gasteiger partial charge in [0.2, 0.25) is 5.91 Å². The fourth-order valence-corrected chi connectivity index (χ4v) is 3.16. The number of carbonyl (C=O) groups is 2. The Bertz CT molecular complexity index is 1010. The van der Waals surface area contributed by atoms with Gasteiger partial charge in [-0.3, -0.25) is 9.59 Å². The van der Waals surface area contributed by atoms with Crippen molar-refractivity contribution in [2.24, 2.45) is 0 Å². The molecule has 2 N–H and O–H groups in total. The van der Waals surface area contributed by atoms with Crippen molar-refractivity contribution >= 4 is 35.0 Å². The maximum Gasteiger partial charge on any atom is 0.258 e. The average molecular weight is 398 g/mol. The molecule has 2 amide bonds. The number of amides is 2. The average Bonchev–Trinajstić information content (AvgIpc) is 2.69.